The maximum Gasteiger partial charge on any atom is 0.327 e. The first-order valence-corrected chi connectivity index (χ1v) is 7.92. The zero-order valence-electron chi connectivity index (χ0n) is 13.4. The predicted molar refractivity (Wildman–Crippen MR) is 89.4 cm³/mol. The van der Waals surface area contributed by atoms with Gasteiger partial charge in [0, 0.05) is 5.56 Å². The molecule has 8 nitrogen and oxygen atoms in total. The van der Waals surface area contributed by atoms with E-state index in [-0.39, 0.29) is 0 Å². The Balaban J connectivity index is 1.93. The molecule has 0 saturated carbocycles. The first kappa shape index (κ1) is 15.8. The van der Waals surface area contributed by atoms with E-state index in [2.05, 4.69) is 16.0 Å². The van der Waals surface area contributed by atoms with Crippen LogP contribution in [0.5, 0.6) is 0 Å². The second kappa shape index (κ2) is 5.69. The van der Waals surface area contributed by atoms with Crippen molar-refractivity contribution >= 4 is 23.9 Å². The first-order chi connectivity index (χ1) is 12.5. The number of nitrogens with one attached hydrogen (secondary N) is 3. The van der Waals surface area contributed by atoms with Crippen LogP contribution in [0.4, 0.5) is 9.59 Å². The number of nitrogens with zero attached hydrogens (tertiary/aromatic N) is 1. The van der Waals surface area contributed by atoms with E-state index < -0.39 is 35.6 Å². The first-order valence-electron chi connectivity index (χ1n) is 7.92. The lowest BCUT2D eigenvalue weighted by atomic mass is 9.94. The topological polar surface area (TPSA) is 108 Å². The molecule has 2 aromatic carbocycles. The summed E-state index contributed by atoms with van der Waals surface area (Å²) in [6.45, 7) is 0. The summed E-state index contributed by atoms with van der Waals surface area (Å²) in [4.78, 5) is 51.0. The van der Waals surface area contributed by atoms with Gasteiger partial charge in [-0.2, -0.15) is 0 Å². The van der Waals surface area contributed by atoms with Crippen LogP contribution < -0.4 is 16.0 Å². The molecule has 8 heteroatoms. The molecule has 0 aromatic heterocycles. The Kier molecular flexibility index (Phi) is 3.47. The number of benzene rings is 2. The second-order valence-electron chi connectivity index (χ2n) is 5.96. The number of carbonyl (C=O) groups is 4. The van der Waals surface area contributed by atoms with E-state index in [1.54, 1.807) is 60.7 Å². The highest BCUT2D eigenvalue weighted by molar-refractivity contribution is 6.12. The zero-order valence-corrected chi connectivity index (χ0v) is 13.4. The predicted octanol–water partition coefficient (Wildman–Crippen LogP) is 0.972. The lowest BCUT2D eigenvalue weighted by Gasteiger charge is -2.38. The van der Waals surface area contributed by atoms with Gasteiger partial charge in [-0.1, -0.05) is 60.7 Å². The molecule has 130 valence electrons. The van der Waals surface area contributed by atoms with E-state index in [0.717, 1.165) is 4.90 Å². The van der Waals surface area contributed by atoms with Crippen molar-refractivity contribution in [2.45, 2.75) is 11.7 Å². The van der Waals surface area contributed by atoms with Crippen molar-refractivity contribution in [1.82, 2.24) is 20.9 Å². The largest absolute Gasteiger partial charge is 0.327 e. The summed E-state index contributed by atoms with van der Waals surface area (Å²) >= 11 is 0. The Morgan fingerprint density at radius 2 is 1.42 bits per heavy atom. The molecule has 0 radical (unpaired) electrons. The van der Waals surface area contributed by atoms with Gasteiger partial charge in [0.1, 0.15) is 6.04 Å². The third-order valence-electron chi connectivity index (χ3n) is 4.47. The van der Waals surface area contributed by atoms with E-state index in [1.807, 2.05) is 0 Å². The highest BCUT2D eigenvalue weighted by Crippen LogP contribution is 2.39. The van der Waals surface area contributed by atoms with Gasteiger partial charge in [0.25, 0.3) is 11.8 Å². The van der Waals surface area contributed by atoms with Crippen molar-refractivity contribution in [3.8, 4) is 0 Å². The van der Waals surface area contributed by atoms with Gasteiger partial charge in [-0.15, -0.1) is 0 Å². The van der Waals surface area contributed by atoms with Crippen LogP contribution >= 0.6 is 0 Å². The number of amides is 6. The summed E-state index contributed by atoms with van der Waals surface area (Å²) in [7, 11) is 0. The molecule has 0 spiro atoms. The number of carbonyl (C=O) groups excluding carboxylic acids is 4. The molecular weight excluding hydrogens is 336 g/mol. The van der Waals surface area contributed by atoms with E-state index in [9.17, 15) is 19.2 Å². The molecule has 2 fully saturated rings. The fraction of sp³-hybridized carbons (Fsp3) is 0.111. The normalized spacial score (nSPS) is 25.1. The van der Waals surface area contributed by atoms with E-state index in [4.69, 9.17) is 0 Å². The molecule has 2 aromatic rings. The molecule has 0 bridgehead atoms. The molecule has 2 heterocycles. The molecule has 2 unspecified atom stereocenters. The Hall–Kier alpha value is -3.68. The summed E-state index contributed by atoms with van der Waals surface area (Å²) < 4.78 is 0. The average Bonchev–Trinajstić information content (AvgIpc) is 3.11. The van der Waals surface area contributed by atoms with Crippen LogP contribution in [0.15, 0.2) is 60.7 Å². The van der Waals surface area contributed by atoms with E-state index in [0.29, 0.717) is 11.1 Å². The van der Waals surface area contributed by atoms with Crippen molar-refractivity contribution in [3.05, 3.63) is 71.8 Å². The standard InChI is InChI=1S/C18H14N4O4/c23-14-13(11-7-3-1-4-8-11)22(17(26)19-14)18(12-9-5-2-6-10-12)15(24)20-16(25)21-18/h1-10,13H,(H,19,23,26)(H2,20,21,24,25). The molecule has 6 amide bonds. The number of hydrogen-bond donors (Lipinski definition) is 3. The second-order valence-corrected chi connectivity index (χ2v) is 5.96. The minimum Gasteiger partial charge on any atom is -0.303 e. The summed E-state index contributed by atoms with van der Waals surface area (Å²) in [6.07, 6.45) is 0. The monoisotopic (exact) mass is 350 g/mol. The van der Waals surface area contributed by atoms with Crippen LogP contribution in [0.25, 0.3) is 0 Å². The maximum absolute atomic E-state index is 12.8. The lowest BCUT2D eigenvalue weighted by Crippen LogP contribution is -2.59. The highest BCUT2D eigenvalue weighted by Gasteiger charge is 2.60. The number of imide groups is 2. The summed E-state index contributed by atoms with van der Waals surface area (Å²) in [6, 6.07) is 14.4. The third-order valence-corrected chi connectivity index (χ3v) is 4.47. The maximum atomic E-state index is 12.8. The van der Waals surface area contributed by atoms with Crippen LogP contribution in [0.1, 0.15) is 17.2 Å². The van der Waals surface area contributed by atoms with Crippen molar-refractivity contribution in [2.75, 3.05) is 0 Å². The van der Waals surface area contributed by atoms with Crippen molar-refractivity contribution < 1.29 is 19.2 Å². The van der Waals surface area contributed by atoms with Gasteiger partial charge in [-0.05, 0) is 5.56 Å². The van der Waals surface area contributed by atoms with Gasteiger partial charge in [0.15, 0.2) is 0 Å². The van der Waals surface area contributed by atoms with Crippen LogP contribution in [-0.2, 0) is 15.3 Å². The Morgan fingerprint density at radius 3 is 2.00 bits per heavy atom. The van der Waals surface area contributed by atoms with Gasteiger partial charge < -0.3 is 5.32 Å². The smallest absolute Gasteiger partial charge is 0.303 e. The fourth-order valence-electron chi connectivity index (χ4n) is 3.39. The molecule has 2 aliphatic heterocycles. The Bertz CT molecular complexity index is 915. The van der Waals surface area contributed by atoms with Crippen LogP contribution in [0.3, 0.4) is 0 Å². The molecular formula is C18H14N4O4. The van der Waals surface area contributed by atoms with Gasteiger partial charge >= 0.3 is 12.1 Å². The molecule has 26 heavy (non-hydrogen) atoms. The van der Waals surface area contributed by atoms with Gasteiger partial charge in [0.05, 0.1) is 0 Å². The van der Waals surface area contributed by atoms with Crippen LogP contribution in [0.2, 0.25) is 0 Å². The minimum absolute atomic E-state index is 0.370. The molecule has 2 atom stereocenters. The SMILES string of the molecule is O=C1NC(=O)C(c2ccccc2)(N2C(=O)NC(=O)C2c2ccccc2)N1. The number of urea groups is 2. The summed E-state index contributed by atoms with van der Waals surface area (Å²) in [5.41, 5.74) is -0.927. The van der Waals surface area contributed by atoms with Crippen molar-refractivity contribution in [1.29, 1.82) is 0 Å². The Morgan fingerprint density at radius 1 is 0.808 bits per heavy atom. The molecule has 2 saturated heterocycles. The van der Waals surface area contributed by atoms with E-state index in [1.165, 1.54) is 0 Å². The van der Waals surface area contributed by atoms with Gasteiger partial charge in [0.2, 0.25) is 5.66 Å². The molecule has 3 N–H and O–H groups in total. The van der Waals surface area contributed by atoms with Crippen molar-refractivity contribution in [3.63, 3.8) is 0 Å². The molecule has 2 aliphatic rings. The number of rotatable bonds is 3. The van der Waals surface area contributed by atoms with Gasteiger partial charge in [-0.25, -0.2) is 9.59 Å². The van der Waals surface area contributed by atoms with Gasteiger partial charge in [-0.3, -0.25) is 25.1 Å². The summed E-state index contributed by atoms with van der Waals surface area (Å²) in [5.74, 6) is -1.29. The fourth-order valence-corrected chi connectivity index (χ4v) is 3.39. The third kappa shape index (κ3) is 2.16. The Labute approximate surface area is 148 Å². The van der Waals surface area contributed by atoms with Crippen LogP contribution in [-0.4, -0.2) is 28.8 Å². The van der Waals surface area contributed by atoms with Crippen LogP contribution in [0, 0.1) is 0 Å². The average molecular weight is 350 g/mol. The molecule has 4 rings (SSSR count). The zero-order chi connectivity index (χ0) is 18.3. The lowest BCUT2D eigenvalue weighted by molar-refractivity contribution is -0.132. The van der Waals surface area contributed by atoms with E-state index >= 15 is 0 Å². The molecule has 0 aliphatic carbocycles. The summed E-state index contributed by atoms with van der Waals surface area (Å²) in [5, 5.41) is 6.95. The van der Waals surface area contributed by atoms with Crippen molar-refractivity contribution in [2.24, 2.45) is 0 Å². The quantitative estimate of drug-likeness (QED) is 0.717. The minimum atomic E-state index is -1.82. The number of hydrogen-bond acceptors (Lipinski definition) is 4. The highest BCUT2D eigenvalue weighted by atomic mass is 16.2.